The number of rotatable bonds is 2. The Labute approximate surface area is 160 Å². The van der Waals surface area contributed by atoms with E-state index < -0.39 is 71.6 Å². The number of pyridine rings is 1. The van der Waals surface area contributed by atoms with Gasteiger partial charge in [-0.05, 0) is 20.0 Å². The van der Waals surface area contributed by atoms with Gasteiger partial charge < -0.3 is 24.2 Å². The predicted molar refractivity (Wildman–Crippen MR) is 95.0 cm³/mol. The Morgan fingerprint density at radius 1 is 1.38 bits per heavy atom. The van der Waals surface area contributed by atoms with E-state index in [9.17, 15) is 14.7 Å². The maximum absolute atomic E-state index is 15.6. The van der Waals surface area contributed by atoms with Crippen LogP contribution >= 0.6 is 0 Å². The Kier molecular flexibility index (Phi) is 2.28. The highest BCUT2D eigenvalue weighted by Crippen LogP contribution is 2.42. The highest BCUT2D eigenvalue weighted by molar-refractivity contribution is 5.97. The number of likely N-dealkylation sites (N-methyl/N-ethyl adjacent to an activating group) is 1. The number of ether oxygens (including phenoxy) is 1. The zero-order chi connectivity index (χ0) is 25.8. The summed E-state index contributed by atoms with van der Waals surface area (Å²) in [5.74, 6) is -3.48. The number of anilines is 1. The molecule has 2 aliphatic heterocycles. The average Bonchev–Trinajstić information content (AvgIpc) is 2.71. The molecule has 1 atom stereocenters. The molecule has 1 aromatic carbocycles. The third-order valence-electron chi connectivity index (χ3n) is 4.25. The van der Waals surface area contributed by atoms with Gasteiger partial charge in [0.05, 0.1) is 22.4 Å². The van der Waals surface area contributed by atoms with Gasteiger partial charge >= 0.3 is 5.97 Å². The minimum atomic E-state index is -3.33. The van der Waals surface area contributed by atoms with E-state index in [0.717, 1.165) is 13.2 Å². The molecular weight excluding hydrogens is 341 g/mol. The summed E-state index contributed by atoms with van der Waals surface area (Å²) in [6.45, 7) is -11.5. The van der Waals surface area contributed by atoms with Crippen LogP contribution in [0, 0.1) is 5.82 Å². The van der Waals surface area contributed by atoms with Gasteiger partial charge in [0.25, 0.3) is 0 Å². The van der Waals surface area contributed by atoms with E-state index in [1.807, 2.05) is 0 Å². The van der Waals surface area contributed by atoms with Crippen molar-refractivity contribution in [2.75, 3.05) is 44.5 Å². The van der Waals surface area contributed by atoms with Crippen LogP contribution < -0.4 is 15.1 Å². The van der Waals surface area contributed by atoms with E-state index in [4.69, 9.17) is 15.7 Å². The lowest BCUT2D eigenvalue weighted by Gasteiger charge is -2.37. The van der Waals surface area contributed by atoms with E-state index in [0.29, 0.717) is 6.07 Å². The molecule has 26 heavy (non-hydrogen) atoms. The number of benzene rings is 1. The first-order valence-electron chi connectivity index (χ1n) is 11.7. The first-order valence-corrected chi connectivity index (χ1v) is 7.72. The van der Waals surface area contributed by atoms with E-state index in [-0.39, 0.29) is 21.9 Å². The van der Waals surface area contributed by atoms with Gasteiger partial charge in [-0.3, -0.25) is 4.79 Å². The fourth-order valence-electron chi connectivity index (χ4n) is 2.99. The molecule has 2 aromatic rings. The Bertz CT molecular complexity index is 1270. The SMILES string of the molecule is [2H]C1([2H])N(C)C([2H])([2H])C([2H])([2H])N(c2c(F)cc3c(=O)c(C(=O)O)cn4c3c2OCC4C)C1([2H])[2H]. The average molecular weight is 369 g/mol. The van der Waals surface area contributed by atoms with E-state index in [1.54, 1.807) is 6.92 Å². The second-order valence-corrected chi connectivity index (χ2v) is 6.02. The molecule has 0 saturated carbocycles. The van der Waals surface area contributed by atoms with Crippen LogP contribution in [0.25, 0.3) is 10.9 Å². The number of hydrogen-bond acceptors (Lipinski definition) is 5. The van der Waals surface area contributed by atoms with E-state index in [2.05, 4.69) is 0 Å². The fourth-order valence-corrected chi connectivity index (χ4v) is 2.99. The number of hydrogen-bond donors (Lipinski definition) is 1. The molecule has 2 aliphatic rings. The summed E-state index contributed by atoms with van der Waals surface area (Å²) in [6.07, 6.45) is 1.02. The Morgan fingerprint density at radius 2 is 2.08 bits per heavy atom. The lowest BCUT2D eigenvalue weighted by atomic mass is 10.1. The van der Waals surface area contributed by atoms with Crippen LogP contribution in [0.4, 0.5) is 10.1 Å². The van der Waals surface area contributed by atoms with Gasteiger partial charge in [0, 0.05) is 37.7 Å². The van der Waals surface area contributed by atoms with Crippen LogP contribution in [0.5, 0.6) is 5.75 Å². The third kappa shape index (κ3) is 2.44. The van der Waals surface area contributed by atoms with Crippen LogP contribution in [0.2, 0.25) is 0 Å². The number of carbonyl (C=O) groups is 1. The molecule has 138 valence electrons. The highest BCUT2D eigenvalue weighted by Gasteiger charge is 2.30. The Balaban J connectivity index is 2.16. The summed E-state index contributed by atoms with van der Waals surface area (Å²) in [5.41, 5.74) is -2.75. The zero-order valence-corrected chi connectivity index (χ0v) is 13.8. The van der Waals surface area contributed by atoms with Crippen molar-refractivity contribution in [3.05, 3.63) is 33.9 Å². The van der Waals surface area contributed by atoms with Gasteiger partial charge in [-0.15, -0.1) is 0 Å². The van der Waals surface area contributed by atoms with Crippen molar-refractivity contribution < 1.29 is 30.0 Å². The molecule has 8 heteroatoms. The van der Waals surface area contributed by atoms with Gasteiger partial charge in [0.1, 0.15) is 17.9 Å². The second kappa shape index (κ2) is 5.98. The fraction of sp³-hybridized carbons (Fsp3) is 0.444. The molecule has 1 saturated heterocycles. The summed E-state index contributed by atoms with van der Waals surface area (Å²) in [7, 11) is 0.872. The molecule has 0 aliphatic carbocycles. The third-order valence-corrected chi connectivity index (χ3v) is 4.25. The number of carboxylic acids is 1. The lowest BCUT2D eigenvalue weighted by molar-refractivity contribution is 0.0694. The molecule has 1 aromatic heterocycles. The van der Waals surface area contributed by atoms with Crippen molar-refractivity contribution in [2.24, 2.45) is 0 Å². The van der Waals surface area contributed by atoms with Crippen LogP contribution in [0.1, 0.15) is 34.3 Å². The standard InChI is InChI=1S/C18H20FN3O4/c1-10-9-26-17-14-11(16(23)12(18(24)25)8-22(10)14)7-13(19)15(17)21-5-3-20(2)4-6-21/h7-8,10H,3-6,9H2,1-2H3,(H,24,25)/i3D2,4D2,5D2,6D2. The number of halogens is 1. The number of aromatic nitrogens is 1. The molecule has 7 nitrogen and oxygen atoms in total. The van der Waals surface area contributed by atoms with Crippen molar-refractivity contribution in [3.8, 4) is 5.75 Å². The van der Waals surface area contributed by atoms with E-state index in [1.165, 1.54) is 4.57 Å². The first-order chi connectivity index (χ1) is 15.4. The van der Waals surface area contributed by atoms with Gasteiger partial charge in [0.15, 0.2) is 11.6 Å². The molecule has 0 radical (unpaired) electrons. The Hall–Kier alpha value is -2.61. The van der Waals surface area contributed by atoms with Crippen molar-refractivity contribution >= 4 is 22.6 Å². The lowest BCUT2D eigenvalue weighted by Crippen LogP contribution is -2.45. The molecular formula is C18H20FN3O4. The quantitative estimate of drug-likeness (QED) is 0.866. The van der Waals surface area contributed by atoms with Crippen LogP contribution in [-0.4, -0.2) is 60.2 Å². The summed E-state index contributed by atoms with van der Waals surface area (Å²) in [5, 5.41) is 8.98. The number of aromatic carboxylic acids is 1. The minimum Gasteiger partial charge on any atom is -0.487 e. The largest absolute Gasteiger partial charge is 0.487 e. The maximum Gasteiger partial charge on any atom is 0.341 e. The van der Waals surface area contributed by atoms with Gasteiger partial charge in [0.2, 0.25) is 5.43 Å². The topological polar surface area (TPSA) is 75.0 Å². The molecule has 1 fully saturated rings. The van der Waals surface area contributed by atoms with Gasteiger partial charge in [-0.2, -0.15) is 0 Å². The molecule has 1 N–H and O–H groups in total. The first kappa shape index (κ1) is 9.91. The predicted octanol–water partition coefficient (Wildman–Crippen LogP) is 1.54. The molecule has 0 spiro atoms. The van der Waals surface area contributed by atoms with Crippen molar-refractivity contribution in [1.82, 2.24) is 9.47 Å². The molecule has 1 unspecified atom stereocenters. The van der Waals surface area contributed by atoms with Crippen molar-refractivity contribution in [3.63, 3.8) is 0 Å². The normalized spacial score (nSPS) is 32.6. The maximum atomic E-state index is 15.6. The molecule has 0 bridgehead atoms. The minimum absolute atomic E-state index is 0.0278. The summed E-state index contributed by atoms with van der Waals surface area (Å²) in [4.78, 5) is 24.6. The number of piperazine rings is 1. The van der Waals surface area contributed by atoms with Crippen LogP contribution in [-0.2, 0) is 0 Å². The van der Waals surface area contributed by atoms with Crippen molar-refractivity contribution in [1.29, 1.82) is 0 Å². The molecule has 4 rings (SSSR count). The van der Waals surface area contributed by atoms with Crippen molar-refractivity contribution in [2.45, 2.75) is 13.0 Å². The van der Waals surface area contributed by atoms with Gasteiger partial charge in [-0.25, -0.2) is 9.18 Å². The summed E-state index contributed by atoms with van der Waals surface area (Å²) >= 11 is 0. The smallest absolute Gasteiger partial charge is 0.341 e. The Morgan fingerprint density at radius 3 is 2.73 bits per heavy atom. The van der Waals surface area contributed by atoms with Gasteiger partial charge in [-0.1, -0.05) is 0 Å². The number of carboxylic acid groups (broad SMARTS) is 1. The molecule has 0 amide bonds. The van der Waals surface area contributed by atoms with Crippen LogP contribution in [0.15, 0.2) is 17.1 Å². The summed E-state index contributed by atoms with van der Waals surface area (Å²) in [6, 6.07) is 0.0575. The monoisotopic (exact) mass is 369 g/mol. The second-order valence-electron chi connectivity index (χ2n) is 6.02. The van der Waals surface area contributed by atoms with E-state index >= 15 is 4.39 Å². The van der Waals surface area contributed by atoms with Crippen LogP contribution in [0.3, 0.4) is 0 Å². The summed E-state index contributed by atoms with van der Waals surface area (Å²) < 4.78 is 88.9. The highest BCUT2D eigenvalue weighted by atomic mass is 19.1. The zero-order valence-electron chi connectivity index (χ0n) is 21.8. The number of nitrogens with zero attached hydrogens (tertiary/aromatic N) is 3. The molecule has 3 heterocycles.